The summed E-state index contributed by atoms with van der Waals surface area (Å²) in [4.78, 5) is 11.7. The smallest absolute Gasteiger partial charge is 0.215 e. The van der Waals surface area contributed by atoms with Crippen LogP contribution in [0.25, 0.3) is 22.7 Å². The number of aromatic nitrogens is 5. The maximum Gasteiger partial charge on any atom is 0.215 e. The summed E-state index contributed by atoms with van der Waals surface area (Å²) < 4.78 is 5.04. The summed E-state index contributed by atoms with van der Waals surface area (Å²) in [5, 5.41) is 6.71. The van der Waals surface area contributed by atoms with E-state index in [1.54, 1.807) is 19.4 Å². The van der Waals surface area contributed by atoms with Gasteiger partial charge in [-0.25, -0.2) is 4.98 Å². The van der Waals surface area contributed by atoms with E-state index in [1.807, 2.05) is 12.1 Å². The lowest BCUT2D eigenvalue weighted by Gasteiger charge is -1.95. The molecule has 0 aliphatic heterocycles. The van der Waals surface area contributed by atoms with E-state index in [-0.39, 0.29) is 0 Å². The lowest BCUT2D eigenvalue weighted by molar-refractivity contribution is 0.399. The average Bonchev–Trinajstić information content (AvgIpc) is 2.96. The van der Waals surface area contributed by atoms with Gasteiger partial charge < -0.3 is 9.72 Å². The summed E-state index contributed by atoms with van der Waals surface area (Å²) in [6.45, 7) is 0. The number of imidazole rings is 1. The Balaban J connectivity index is 2.16. The standard InChI is InChI=1S/C10H9N5O/c1-16-8-3-2-6-9(13-8)14-10(12-6)7-4-5-11-15-7/h2-5H,1H3,(H,11,15)(H,12,13,14). The van der Waals surface area contributed by atoms with Crippen molar-refractivity contribution in [2.24, 2.45) is 0 Å². The fourth-order valence-corrected chi connectivity index (χ4v) is 1.50. The van der Waals surface area contributed by atoms with E-state index >= 15 is 0 Å². The van der Waals surface area contributed by atoms with Gasteiger partial charge in [-0.2, -0.15) is 10.1 Å². The first kappa shape index (κ1) is 8.90. The third kappa shape index (κ3) is 1.31. The number of methoxy groups -OCH3 is 1. The van der Waals surface area contributed by atoms with Crippen molar-refractivity contribution in [2.75, 3.05) is 7.11 Å². The molecule has 3 aromatic rings. The van der Waals surface area contributed by atoms with Gasteiger partial charge in [0.2, 0.25) is 5.88 Å². The quantitative estimate of drug-likeness (QED) is 0.676. The molecule has 0 atom stereocenters. The van der Waals surface area contributed by atoms with E-state index in [1.165, 1.54) is 0 Å². The van der Waals surface area contributed by atoms with Crippen LogP contribution >= 0.6 is 0 Å². The average molecular weight is 215 g/mol. The summed E-state index contributed by atoms with van der Waals surface area (Å²) in [5.74, 6) is 1.27. The van der Waals surface area contributed by atoms with Gasteiger partial charge in [0.15, 0.2) is 11.5 Å². The Kier molecular flexibility index (Phi) is 1.86. The summed E-state index contributed by atoms with van der Waals surface area (Å²) in [7, 11) is 1.58. The monoisotopic (exact) mass is 215 g/mol. The maximum atomic E-state index is 5.04. The Bertz CT molecular complexity index is 613. The first-order valence-corrected chi connectivity index (χ1v) is 4.77. The fourth-order valence-electron chi connectivity index (χ4n) is 1.50. The molecule has 3 heterocycles. The zero-order valence-corrected chi connectivity index (χ0v) is 8.56. The van der Waals surface area contributed by atoms with Crippen LogP contribution in [0.2, 0.25) is 0 Å². The second-order valence-corrected chi connectivity index (χ2v) is 3.28. The van der Waals surface area contributed by atoms with Crippen LogP contribution in [0.4, 0.5) is 0 Å². The molecule has 0 saturated carbocycles. The number of hydrogen-bond acceptors (Lipinski definition) is 4. The Morgan fingerprint density at radius 3 is 2.88 bits per heavy atom. The van der Waals surface area contributed by atoms with Crippen LogP contribution in [0, 0.1) is 0 Å². The molecule has 0 fully saturated rings. The predicted molar refractivity (Wildman–Crippen MR) is 58.0 cm³/mol. The number of nitrogens with one attached hydrogen (secondary N) is 2. The van der Waals surface area contributed by atoms with Crippen molar-refractivity contribution < 1.29 is 4.74 Å². The van der Waals surface area contributed by atoms with Gasteiger partial charge in [-0.05, 0) is 12.1 Å². The number of pyridine rings is 1. The molecule has 0 aromatic carbocycles. The number of aromatic amines is 2. The van der Waals surface area contributed by atoms with Gasteiger partial charge in [0.1, 0.15) is 5.69 Å². The SMILES string of the molecule is COc1ccc2[nH]c(-c3ccn[nH]3)nc2n1. The van der Waals surface area contributed by atoms with Gasteiger partial charge in [-0.1, -0.05) is 0 Å². The molecule has 2 N–H and O–H groups in total. The maximum absolute atomic E-state index is 5.04. The van der Waals surface area contributed by atoms with Crippen LogP contribution in [0.1, 0.15) is 0 Å². The third-order valence-corrected chi connectivity index (χ3v) is 2.29. The van der Waals surface area contributed by atoms with Crippen molar-refractivity contribution in [1.82, 2.24) is 25.1 Å². The number of nitrogens with zero attached hydrogens (tertiary/aromatic N) is 3. The lowest BCUT2D eigenvalue weighted by atomic mass is 10.4. The zero-order valence-electron chi connectivity index (χ0n) is 8.56. The first-order chi connectivity index (χ1) is 7.86. The number of H-pyrrole nitrogens is 2. The van der Waals surface area contributed by atoms with E-state index in [0.29, 0.717) is 17.4 Å². The normalized spacial score (nSPS) is 10.8. The van der Waals surface area contributed by atoms with Crippen molar-refractivity contribution in [3.63, 3.8) is 0 Å². The second kappa shape index (κ2) is 3.34. The number of hydrogen-bond donors (Lipinski definition) is 2. The Morgan fingerprint density at radius 1 is 1.19 bits per heavy atom. The highest BCUT2D eigenvalue weighted by Crippen LogP contribution is 2.19. The summed E-state index contributed by atoms with van der Waals surface area (Å²) in [5.41, 5.74) is 2.33. The molecule has 0 radical (unpaired) electrons. The van der Waals surface area contributed by atoms with Crippen molar-refractivity contribution in [3.8, 4) is 17.4 Å². The Morgan fingerprint density at radius 2 is 2.12 bits per heavy atom. The number of fused-ring (bicyclic) bond motifs is 1. The van der Waals surface area contributed by atoms with E-state index in [4.69, 9.17) is 4.74 Å². The van der Waals surface area contributed by atoms with Gasteiger partial charge >= 0.3 is 0 Å². The Hall–Kier alpha value is -2.37. The second-order valence-electron chi connectivity index (χ2n) is 3.28. The molecule has 0 amide bonds. The molecule has 0 aliphatic rings. The van der Waals surface area contributed by atoms with Crippen LogP contribution in [-0.4, -0.2) is 32.3 Å². The van der Waals surface area contributed by atoms with Crippen LogP contribution in [-0.2, 0) is 0 Å². The molecule has 80 valence electrons. The Labute approximate surface area is 90.7 Å². The molecule has 0 unspecified atom stereocenters. The molecule has 0 saturated heterocycles. The van der Waals surface area contributed by atoms with Crippen molar-refractivity contribution in [1.29, 1.82) is 0 Å². The molecule has 16 heavy (non-hydrogen) atoms. The predicted octanol–water partition coefficient (Wildman–Crippen LogP) is 1.36. The third-order valence-electron chi connectivity index (χ3n) is 2.29. The van der Waals surface area contributed by atoms with Crippen LogP contribution in [0.3, 0.4) is 0 Å². The number of ether oxygens (including phenoxy) is 1. The molecular formula is C10H9N5O. The highest BCUT2D eigenvalue weighted by atomic mass is 16.5. The van der Waals surface area contributed by atoms with Crippen LogP contribution in [0.15, 0.2) is 24.4 Å². The van der Waals surface area contributed by atoms with Gasteiger partial charge in [-0.15, -0.1) is 0 Å². The summed E-state index contributed by atoms with van der Waals surface area (Å²) >= 11 is 0. The molecule has 0 spiro atoms. The molecule has 6 nitrogen and oxygen atoms in total. The van der Waals surface area contributed by atoms with Crippen LogP contribution < -0.4 is 4.74 Å². The van der Waals surface area contributed by atoms with Crippen molar-refractivity contribution in [2.45, 2.75) is 0 Å². The van der Waals surface area contributed by atoms with Gasteiger partial charge in [-0.3, -0.25) is 5.10 Å². The van der Waals surface area contributed by atoms with Crippen molar-refractivity contribution >= 4 is 11.2 Å². The highest BCUT2D eigenvalue weighted by molar-refractivity contribution is 5.75. The number of rotatable bonds is 2. The van der Waals surface area contributed by atoms with Gasteiger partial charge in [0.25, 0.3) is 0 Å². The van der Waals surface area contributed by atoms with E-state index in [0.717, 1.165) is 11.2 Å². The molecule has 0 bridgehead atoms. The summed E-state index contributed by atoms with van der Waals surface area (Å²) in [6.07, 6.45) is 1.68. The molecule has 3 rings (SSSR count). The summed E-state index contributed by atoms with van der Waals surface area (Å²) in [6, 6.07) is 5.51. The molecule has 6 heteroatoms. The minimum Gasteiger partial charge on any atom is -0.481 e. The van der Waals surface area contributed by atoms with Gasteiger partial charge in [0.05, 0.1) is 12.6 Å². The van der Waals surface area contributed by atoms with E-state index in [2.05, 4.69) is 25.1 Å². The minimum atomic E-state index is 0.551. The molecule has 0 aliphatic carbocycles. The molecular weight excluding hydrogens is 206 g/mol. The van der Waals surface area contributed by atoms with E-state index in [9.17, 15) is 0 Å². The lowest BCUT2D eigenvalue weighted by Crippen LogP contribution is -1.86. The topological polar surface area (TPSA) is 79.5 Å². The highest BCUT2D eigenvalue weighted by Gasteiger charge is 2.07. The fraction of sp³-hybridized carbons (Fsp3) is 0.100. The molecule has 3 aromatic heterocycles. The largest absolute Gasteiger partial charge is 0.481 e. The first-order valence-electron chi connectivity index (χ1n) is 4.77. The van der Waals surface area contributed by atoms with E-state index < -0.39 is 0 Å². The zero-order chi connectivity index (χ0) is 11.0. The van der Waals surface area contributed by atoms with Crippen molar-refractivity contribution in [3.05, 3.63) is 24.4 Å². The van der Waals surface area contributed by atoms with Gasteiger partial charge in [0, 0.05) is 12.3 Å². The minimum absolute atomic E-state index is 0.551. The van der Waals surface area contributed by atoms with Crippen LogP contribution in [0.5, 0.6) is 5.88 Å².